The van der Waals surface area contributed by atoms with E-state index in [1.54, 1.807) is 33.9 Å². The summed E-state index contributed by atoms with van der Waals surface area (Å²) in [6.45, 7) is 5.38. The van der Waals surface area contributed by atoms with Gasteiger partial charge in [-0.25, -0.2) is 4.79 Å². The monoisotopic (exact) mass is 221 g/mol. The molecule has 0 unspecified atom stereocenters. The first-order valence-corrected chi connectivity index (χ1v) is 4.82. The van der Waals surface area contributed by atoms with Crippen LogP contribution < -0.4 is 5.32 Å². The first-order valence-electron chi connectivity index (χ1n) is 4.82. The van der Waals surface area contributed by atoms with Crippen molar-refractivity contribution >= 4 is 11.9 Å². The van der Waals surface area contributed by atoms with Gasteiger partial charge in [-0.2, -0.15) is 5.10 Å². The summed E-state index contributed by atoms with van der Waals surface area (Å²) in [5.41, 5.74) is -0.0639. The SMILES string of the molecule is C#Cc1cc(NC(=O)OC(C)(C)C)n(C)n1. The predicted octanol–water partition coefficient (Wildman–Crippen LogP) is 1.75. The van der Waals surface area contributed by atoms with Crippen molar-refractivity contribution in [3.63, 3.8) is 0 Å². The summed E-state index contributed by atoms with van der Waals surface area (Å²) in [7, 11) is 1.69. The summed E-state index contributed by atoms with van der Waals surface area (Å²) in [6, 6.07) is 1.60. The molecular formula is C11H15N3O2. The molecule has 1 aromatic heterocycles. The molecule has 0 saturated carbocycles. The predicted molar refractivity (Wildman–Crippen MR) is 61.0 cm³/mol. The van der Waals surface area contributed by atoms with Crippen molar-refractivity contribution in [2.75, 3.05) is 5.32 Å². The van der Waals surface area contributed by atoms with Crippen molar-refractivity contribution in [2.45, 2.75) is 26.4 Å². The standard InChI is InChI=1S/C11H15N3O2/c1-6-8-7-9(14(5)13-8)12-10(15)16-11(2,3)4/h1,7H,2-5H3,(H,12,15). The Bertz CT molecular complexity index is 435. The van der Waals surface area contributed by atoms with Crippen LogP contribution in [0.2, 0.25) is 0 Å². The molecule has 5 heteroatoms. The topological polar surface area (TPSA) is 56.1 Å². The van der Waals surface area contributed by atoms with E-state index in [1.165, 1.54) is 4.68 Å². The number of nitrogens with one attached hydrogen (secondary N) is 1. The van der Waals surface area contributed by atoms with Crippen LogP contribution in [0.3, 0.4) is 0 Å². The van der Waals surface area contributed by atoms with Gasteiger partial charge in [-0.1, -0.05) is 0 Å². The molecule has 0 radical (unpaired) electrons. The van der Waals surface area contributed by atoms with Crippen molar-refractivity contribution in [3.8, 4) is 12.3 Å². The molecule has 1 aromatic rings. The Balaban J connectivity index is 2.71. The third-order valence-corrected chi connectivity index (χ3v) is 1.66. The molecule has 0 spiro atoms. The van der Waals surface area contributed by atoms with Gasteiger partial charge in [0.05, 0.1) is 0 Å². The van der Waals surface area contributed by atoms with Gasteiger partial charge in [-0.3, -0.25) is 10.00 Å². The maximum atomic E-state index is 11.5. The Morgan fingerprint density at radius 2 is 2.25 bits per heavy atom. The molecule has 0 fully saturated rings. The first kappa shape index (κ1) is 12.1. The quantitative estimate of drug-likeness (QED) is 0.735. The van der Waals surface area contributed by atoms with E-state index >= 15 is 0 Å². The molecule has 0 bridgehead atoms. The Kier molecular flexibility index (Phi) is 3.23. The number of nitrogens with zero attached hydrogens (tertiary/aromatic N) is 2. The van der Waals surface area contributed by atoms with E-state index in [1.807, 2.05) is 0 Å². The number of terminal acetylenes is 1. The summed E-state index contributed by atoms with van der Waals surface area (Å²) >= 11 is 0. The molecule has 5 nitrogen and oxygen atoms in total. The summed E-state index contributed by atoms with van der Waals surface area (Å²) in [6.07, 6.45) is 4.67. The van der Waals surface area contributed by atoms with Gasteiger partial charge in [0, 0.05) is 13.1 Å². The van der Waals surface area contributed by atoms with Crippen LogP contribution in [-0.2, 0) is 11.8 Å². The molecule has 0 aromatic carbocycles. The molecule has 0 aliphatic heterocycles. The maximum Gasteiger partial charge on any atom is 0.413 e. The fourth-order valence-electron chi connectivity index (χ4n) is 1.06. The molecule has 0 aliphatic rings. The van der Waals surface area contributed by atoms with Crippen molar-refractivity contribution in [1.82, 2.24) is 9.78 Å². The fraction of sp³-hybridized carbons (Fsp3) is 0.455. The summed E-state index contributed by atoms with van der Waals surface area (Å²) < 4.78 is 6.58. The average Bonchev–Trinajstić information content (AvgIpc) is 2.44. The number of carbonyl (C=O) groups excluding carboxylic acids is 1. The summed E-state index contributed by atoms with van der Waals surface area (Å²) in [5.74, 6) is 2.89. The zero-order valence-electron chi connectivity index (χ0n) is 9.87. The maximum absolute atomic E-state index is 11.5. The van der Waals surface area contributed by atoms with Crippen molar-refractivity contribution in [1.29, 1.82) is 0 Å². The molecule has 0 saturated heterocycles. The highest BCUT2D eigenvalue weighted by atomic mass is 16.6. The molecule has 86 valence electrons. The first-order chi connectivity index (χ1) is 7.31. The zero-order chi connectivity index (χ0) is 12.3. The third kappa shape index (κ3) is 3.31. The molecule has 1 rings (SSSR count). The lowest BCUT2D eigenvalue weighted by Gasteiger charge is -2.19. The number of aromatic nitrogens is 2. The van der Waals surface area contributed by atoms with Crippen molar-refractivity contribution in [3.05, 3.63) is 11.8 Å². The van der Waals surface area contributed by atoms with E-state index in [9.17, 15) is 4.79 Å². The summed E-state index contributed by atoms with van der Waals surface area (Å²) in [5, 5.41) is 6.55. The van der Waals surface area contributed by atoms with E-state index in [4.69, 9.17) is 11.2 Å². The number of carbonyl (C=O) groups is 1. The molecule has 0 aliphatic carbocycles. The van der Waals surface area contributed by atoms with Crippen LogP contribution in [0.5, 0.6) is 0 Å². The van der Waals surface area contributed by atoms with Crippen molar-refractivity contribution in [2.24, 2.45) is 7.05 Å². The molecule has 1 amide bonds. The second kappa shape index (κ2) is 4.27. The number of anilines is 1. The van der Waals surface area contributed by atoms with Crippen LogP contribution >= 0.6 is 0 Å². The number of aryl methyl sites for hydroxylation is 1. The van der Waals surface area contributed by atoms with Gasteiger partial charge in [0.1, 0.15) is 17.1 Å². The lowest BCUT2D eigenvalue weighted by molar-refractivity contribution is 0.0634. The highest BCUT2D eigenvalue weighted by molar-refractivity contribution is 5.83. The zero-order valence-corrected chi connectivity index (χ0v) is 9.87. The van der Waals surface area contributed by atoms with Crippen molar-refractivity contribution < 1.29 is 9.53 Å². The number of ether oxygens (including phenoxy) is 1. The summed E-state index contributed by atoms with van der Waals surface area (Å²) in [4.78, 5) is 11.5. The Morgan fingerprint density at radius 3 is 2.69 bits per heavy atom. The number of hydrogen-bond donors (Lipinski definition) is 1. The minimum absolute atomic E-state index is 0.466. The van der Waals surface area contributed by atoms with Gasteiger partial charge in [-0.05, 0) is 26.7 Å². The number of amides is 1. The fourth-order valence-corrected chi connectivity index (χ4v) is 1.06. The van der Waals surface area contributed by atoms with E-state index in [0.29, 0.717) is 11.5 Å². The minimum Gasteiger partial charge on any atom is -0.444 e. The van der Waals surface area contributed by atoms with Crippen LogP contribution in [0.1, 0.15) is 26.5 Å². The third-order valence-electron chi connectivity index (χ3n) is 1.66. The highest BCUT2D eigenvalue weighted by Crippen LogP contribution is 2.12. The van der Waals surface area contributed by atoms with Gasteiger partial charge in [-0.15, -0.1) is 6.42 Å². The second-order valence-corrected chi connectivity index (χ2v) is 4.31. The van der Waals surface area contributed by atoms with Crippen LogP contribution in [0.25, 0.3) is 0 Å². The Morgan fingerprint density at radius 1 is 1.62 bits per heavy atom. The van der Waals surface area contributed by atoms with Crippen LogP contribution in [0, 0.1) is 12.3 Å². The van der Waals surface area contributed by atoms with Crippen LogP contribution in [0.4, 0.5) is 10.6 Å². The van der Waals surface area contributed by atoms with E-state index < -0.39 is 11.7 Å². The minimum atomic E-state index is -0.530. The van der Waals surface area contributed by atoms with Crippen LogP contribution in [0.15, 0.2) is 6.07 Å². The molecule has 0 atom stereocenters. The number of hydrogen-bond acceptors (Lipinski definition) is 3. The number of rotatable bonds is 1. The normalized spacial score (nSPS) is 10.7. The molecule has 1 N–H and O–H groups in total. The van der Waals surface area contributed by atoms with Gasteiger partial charge >= 0.3 is 6.09 Å². The largest absolute Gasteiger partial charge is 0.444 e. The van der Waals surface area contributed by atoms with E-state index in [0.717, 1.165) is 0 Å². The van der Waals surface area contributed by atoms with Gasteiger partial charge in [0.2, 0.25) is 0 Å². The Hall–Kier alpha value is -1.96. The average molecular weight is 221 g/mol. The second-order valence-electron chi connectivity index (χ2n) is 4.31. The van der Waals surface area contributed by atoms with Gasteiger partial charge in [0.25, 0.3) is 0 Å². The lowest BCUT2D eigenvalue weighted by Crippen LogP contribution is -2.27. The Labute approximate surface area is 94.8 Å². The van der Waals surface area contributed by atoms with Gasteiger partial charge < -0.3 is 4.74 Å². The molecule has 16 heavy (non-hydrogen) atoms. The molecular weight excluding hydrogens is 206 g/mol. The van der Waals surface area contributed by atoms with E-state index in [-0.39, 0.29) is 0 Å². The van der Waals surface area contributed by atoms with Crippen LogP contribution in [-0.4, -0.2) is 21.5 Å². The highest BCUT2D eigenvalue weighted by Gasteiger charge is 2.17. The lowest BCUT2D eigenvalue weighted by atomic mass is 10.2. The van der Waals surface area contributed by atoms with Gasteiger partial charge in [0.15, 0.2) is 0 Å². The smallest absolute Gasteiger partial charge is 0.413 e. The van der Waals surface area contributed by atoms with E-state index in [2.05, 4.69) is 16.3 Å². The molecule has 1 heterocycles.